The van der Waals surface area contributed by atoms with Gasteiger partial charge in [0.25, 0.3) is 0 Å². The van der Waals surface area contributed by atoms with E-state index in [1.165, 1.54) is 12.8 Å². The van der Waals surface area contributed by atoms with Gasteiger partial charge in [-0.3, -0.25) is 4.90 Å². The summed E-state index contributed by atoms with van der Waals surface area (Å²) in [6.45, 7) is 7.88. The van der Waals surface area contributed by atoms with Crippen LogP contribution in [-0.2, 0) is 4.74 Å². The molecule has 2 unspecified atom stereocenters. The van der Waals surface area contributed by atoms with Crippen LogP contribution >= 0.6 is 0 Å². The molecule has 0 aromatic rings. The zero-order valence-corrected chi connectivity index (χ0v) is 9.91. The highest BCUT2D eigenvalue weighted by atomic mass is 16.5. The van der Waals surface area contributed by atoms with Crippen LogP contribution in [0.2, 0.25) is 0 Å². The van der Waals surface area contributed by atoms with Crippen molar-refractivity contribution >= 4 is 0 Å². The lowest BCUT2D eigenvalue weighted by Crippen LogP contribution is -2.42. The van der Waals surface area contributed by atoms with E-state index in [9.17, 15) is 5.11 Å². The zero-order chi connectivity index (χ0) is 10.9. The summed E-state index contributed by atoms with van der Waals surface area (Å²) in [5, 5.41) is 9.22. The average Bonchev–Trinajstić information content (AvgIpc) is 2.76. The monoisotopic (exact) mass is 213 g/mol. The lowest BCUT2D eigenvalue weighted by molar-refractivity contribution is 0.0504. The Kier molecular flexibility index (Phi) is 3.33. The molecule has 0 aliphatic carbocycles. The standard InChI is InChI=1S/C12H23NO2/c1-12(2)6-10(9-14)7-13(12)8-11-4-3-5-15-11/h10-11,14H,3-9H2,1-2H3. The molecule has 0 amide bonds. The van der Waals surface area contributed by atoms with Gasteiger partial charge in [-0.1, -0.05) is 0 Å². The maximum Gasteiger partial charge on any atom is 0.0703 e. The second kappa shape index (κ2) is 4.40. The Morgan fingerprint density at radius 1 is 1.47 bits per heavy atom. The summed E-state index contributed by atoms with van der Waals surface area (Å²) in [5.74, 6) is 0.460. The maximum absolute atomic E-state index is 9.22. The summed E-state index contributed by atoms with van der Waals surface area (Å²) in [6.07, 6.45) is 3.95. The van der Waals surface area contributed by atoms with Gasteiger partial charge < -0.3 is 9.84 Å². The molecule has 0 radical (unpaired) electrons. The van der Waals surface area contributed by atoms with Crippen molar-refractivity contribution in [1.82, 2.24) is 4.90 Å². The minimum atomic E-state index is 0.235. The molecule has 3 nitrogen and oxygen atoms in total. The molecule has 2 aliphatic rings. The molecule has 15 heavy (non-hydrogen) atoms. The van der Waals surface area contributed by atoms with Gasteiger partial charge in [0.05, 0.1) is 6.10 Å². The molecule has 2 fully saturated rings. The summed E-state index contributed by atoms with van der Waals surface area (Å²) in [5.41, 5.74) is 0.235. The molecular formula is C12H23NO2. The van der Waals surface area contributed by atoms with Crippen LogP contribution in [-0.4, -0.2) is 48.0 Å². The van der Waals surface area contributed by atoms with Crippen LogP contribution < -0.4 is 0 Å². The molecule has 0 spiro atoms. The Balaban J connectivity index is 1.90. The van der Waals surface area contributed by atoms with Gasteiger partial charge in [-0.25, -0.2) is 0 Å². The third kappa shape index (κ3) is 2.52. The second-order valence-electron chi connectivity index (χ2n) is 5.61. The van der Waals surface area contributed by atoms with Gasteiger partial charge in [0, 0.05) is 31.8 Å². The zero-order valence-electron chi connectivity index (χ0n) is 9.91. The Hall–Kier alpha value is -0.120. The van der Waals surface area contributed by atoms with Crippen LogP contribution in [0.1, 0.15) is 33.1 Å². The van der Waals surface area contributed by atoms with Crippen molar-refractivity contribution < 1.29 is 9.84 Å². The predicted molar refractivity (Wildman–Crippen MR) is 59.8 cm³/mol. The fraction of sp³-hybridized carbons (Fsp3) is 1.00. The largest absolute Gasteiger partial charge is 0.396 e. The second-order valence-corrected chi connectivity index (χ2v) is 5.61. The Labute approximate surface area is 92.4 Å². The summed E-state index contributed by atoms with van der Waals surface area (Å²) in [7, 11) is 0. The van der Waals surface area contributed by atoms with Gasteiger partial charge in [0.1, 0.15) is 0 Å². The Bertz CT molecular complexity index is 212. The molecule has 3 heteroatoms. The van der Waals surface area contributed by atoms with Crippen LogP contribution in [0.15, 0.2) is 0 Å². The van der Waals surface area contributed by atoms with Crippen molar-refractivity contribution in [3.8, 4) is 0 Å². The molecule has 2 rings (SSSR count). The lowest BCUT2D eigenvalue weighted by atomic mass is 9.97. The normalized spacial score (nSPS) is 36.2. The predicted octanol–water partition coefficient (Wildman–Crippen LogP) is 1.26. The van der Waals surface area contributed by atoms with Gasteiger partial charge in [0.2, 0.25) is 0 Å². The van der Waals surface area contributed by atoms with Crippen molar-refractivity contribution in [2.24, 2.45) is 5.92 Å². The molecular weight excluding hydrogens is 190 g/mol. The molecule has 88 valence electrons. The van der Waals surface area contributed by atoms with Gasteiger partial charge in [-0.15, -0.1) is 0 Å². The topological polar surface area (TPSA) is 32.7 Å². The summed E-state index contributed by atoms with van der Waals surface area (Å²) in [6, 6.07) is 0. The number of ether oxygens (including phenoxy) is 1. The first-order chi connectivity index (χ1) is 7.12. The Morgan fingerprint density at radius 2 is 2.27 bits per heavy atom. The van der Waals surface area contributed by atoms with Crippen LogP contribution in [0, 0.1) is 5.92 Å². The highest BCUT2D eigenvalue weighted by molar-refractivity contribution is 4.93. The van der Waals surface area contributed by atoms with E-state index in [0.717, 1.165) is 26.1 Å². The van der Waals surface area contributed by atoms with Crippen molar-refractivity contribution in [3.05, 3.63) is 0 Å². The van der Waals surface area contributed by atoms with E-state index in [2.05, 4.69) is 18.7 Å². The number of aliphatic hydroxyl groups excluding tert-OH is 1. The van der Waals surface area contributed by atoms with E-state index in [4.69, 9.17) is 4.74 Å². The molecule has 2 heterocycles. The molecule has 0 saturated carbocycles. The fourth-order valence-corrected chi connectivity index (χ4v) is 2.94. The summed E-state index contributed by atoms with van der Waals surface area (Å²) in [4.78, 5) is 2.49. The smallest absolute Gasteiger partial charge is 0.0703 e. The first-order valence-corrected chi connectivity index (χ1v) is 6.09. The third-order valence-corrected chi connectivity index (χ3v) is 3.83. The minimum Gasteiger partial charge on any atom is -0.396 e. The Morgan fingerprint density at radius 3 is 2.80 bits per heavy atom. The highest BCUT2D eigenvalue weighted by Gasteiger charge is 2.39. The van der Waals surface area contributed by atoms with Crippen LogP contribution in [0.25, 0.3) is 0 Å². The van der Waals surface area contributed by atoms with Gasteiger partial charge >= 0.3 is 0 Å². The summed E-state index contributed by atoms with van der Waals surface area (Å²) >= 11 is 0. The van der Waals surface area contributed by atoms with Crippen molar-refractivity contribution in [1.29, 1.82) is 0 Å². The molecule has 0 bridgehead atoms. The van der Waals surface area contributed by atoms with E-state index in [1.54, 1.807) is 0 Å². The van der Waals surface area contributed by atoms with E-state index in [1.807, 2.05) is 0 Å². The first-order valence-electron chi connectivity index (χ1n) is 6.09. The van der Waals surface area contributed by atoms with Gasteiger partial charge in [-0.2, -0.15) is 0 Å². The number of aliphatic hydroxyl groups is 1. The van der Waals surface area contributed by atoms with Gasteiger partial charge in [-0.05, 0) is 39.0 Å². The fourth-order valence-electron chi connectivity index (χ4n) is 2.94. The lowest BCUT2D eigenvalue weighted by Gasteiger charge is -2.33. The third-order valence-electron chi connectivity index (χ3n) is 3.83. The van der Waals surface area contributed by atoms with E-state index in [0.29, 0.717) is 18.6 Å². The molecule has 2 saturated heterocycles. The molecule has 0 aromatic heterocycles. The molecule has 1 N–H and O–H groups in total. The van der Waals surface area contributed by atoms with Gasteiger partial charge in [0.15, 0.2) is 0 Å². The number of hydrogen-bond donors (Lipinski definition) is 1. The number of hydrogen-bond acceptors (Lipinski definition) is 3. The van der Waals surface area contributed by atoms with Crippen LogP contribution in [0.3, 0.4) is 0 Å². The SMILES string of the molecule is CC1(C)CC(CO)CN1CC1CCCO1. The maximum atomic E-state index is 9.22. The number of likely N-dealkylation sites (tertiary alicyclic amines) is 1. The van der Waals surface area contributed by atoms with E-state index >= 15 is 0 Å². The van der Waals surface area contributed by atoms with Crippen molar-refractivity contribution in [2.75, 3.05) is 26.3 Å². The van der Waals surface area contributed by atoms with E-state index < -0.39 is 0 Å². The number of rotatable bonds is 3. The average molecular weight is 213 g/mol. The van der Waals surface area contributed by atoms with E-state index in [-0.39, 0.29) is 5.54 Å². The minimum absolute atomic E-state index is 0.235. The quantitative estimate of drug-likeness (QED) is 0.766. The highest BCUT2D eigenvalue weighted by Crippen LogP contribution is 2.33. The molecule has 0 aromatic carbocycles. The van der Waals surface area contributed by atoms with Crippen molar-refractivity contribution in [3.63, 3.8) is 0 Å². The summed E-state index contributed by atoms with van der Waals surface area (Å²) < 4.78 is 5.67. The molecule has 2 atom stereocenters. The van der Waals surface area contributed by atoms with Crippen molar-refractivity contribution in [2.45, 2.75) is 44.8 Å². The van der Waals surface area contributed by atoms with Crippen LogP contribution in [0.5, 0.6) is 0 Å². The van der Waals surface area contributed by atoms with Crippen LogP contribution in [0.4, 0.5) is 0 Å². The molecule has 2 aliphatic heterocycles. The number of nitrogens with zero attached hydrogens (tertiary/aromatic N) is 1. The first kappa shape index (κ1) is 11.4.